The number of ether oxygens (including phenoxy) is 3. The summed E-state index contributed by atoms with van der Waals surface area (Å²) >= 11 is 0.961. The summed E-state index contributed by atoms with van der Waals surface area (Å²) in [4.78, 5) is 38.1. The van der Waals surface area contributed by atoms with Gasteiger partial charge in [0, 0.05) is 0 Å². The van der Waals surface area contributed by atoms with Crippen molar-refractivity contribution in [2.45, 2.75) is 40.7 Å². The maximum Gasteiger partial charge on any atom is 0.348 e. The van der Waals surface area contributed by atoms with Crippen LogP contribution in [0.15, 0.2) is 40.8 Å². The molecule has 180 valence electrons. The molecular weight excluding hydrogens is 458 g/mol. The van der Waals surface area contributed by atoms with Gasteiger partial charge < -0.3 is 23.9 Å². The van der Waals surface area contributed by atoms with E-state index in [0.29, 0.717) is 17.7 Å². The second-order valence-electron chi connectivity index (χ2n) is 7.39. The predicted octanol–water partition coefficient (Wildman–Crippen LogP) is 5.53. The number of aryl methyl sites for hydroxylation is 1. The molecule has 0 bridgehead atoms. The maximum absolute atomic E-state index is 12.9. The molecule has 2 heterocycles. The van der Waals surface area contributed by atoms with E-state index in [1.54, 1.807) is 19.9 Å². The van der Waals surface area contributed by atoms with Crippen molar-refractivity contribution < 1.29 is 33.0 Å². The standard InChI is InChI=1S/C25H27NO7S/c1-5-13-31-24(28)20-16(4)21(25(29)30-6-2)34-23(20)26-22(27)19-12-11-17(33-19)14-32-18-10-8-7-9-15(18)3/h7-12H,5-6,13-14H2,1-4H3,(H,26,27). The minimum Gasteiger partial charge on any atom is -0.485 e. The Hall–Kier alpha value is -3.59. The molecule has 3 rings (SSSR count). The number of hydrogen-bond donors (Lipinski definition) is 1. The lowest BCUT2D eigenvalue weighted by molar-refractivity contribution is 0.0506. The fourth-order valence-electron chi connectivity index (χ4n) is 3.12. The molecule has 0 aliphatic carbocycles. The van der Waals surface area contributed by atoms with Gasteiger partial charge in [0.05, 0.1) is 18.8 Å². The first kappa shape index (κ1) is 25.0. The topological polar surface area (TPSA) is 104 Å². The normalized spacial score (nSPS) is 10.6. The number of carbonyl (C=O) groups excluding carboxylic acids is 3. The maximum atomic E-state index is 12.9. The molecule has 34 heavy (non-hydrogen) atoms. The highest BCUT2D eigenvalue weighted by Crippen LogP contribution is 2.35. The number of carbonyl (C=O) groups is 3. The summed E-state index contributed by atoms with van der Waals surface area (Å²) in [6, 6.07) is 10.8. The molecule has 9 heteroatoms. The van der Waals surface area contributed by atoms with Gasteiger partial charge in [-0.1, -0.05) is 25.1 Å². The molecule has 2 aromatic heterocycles. The molecular formula is C25H27NO7S. The van der Waals surface area contributed by atoms with Gasteiger partial charge in [0.1, 0.15) is 28.0 Å². The molecule has 1 N–H and O–H groups in total. The van der Waals surface area contributed by atoms with Crippen LogP contribution in [0.2, 0.25) is 0 Å². The number of amides is 1. The van der Waals surface area contributed by atoms with Gasteiger partial charge in [-0.2, -0.15) is 0 Å². The summed E-state index contributed by atoms with van der Waals surface area (Å²) in [5.74, 6) is -0.522. The molecule has 0 atom stereocenters. The van der Waals surface area contributed by atoms with Crippen molar-refractivity contribution in [3.05, 3.63) is 69.5 Å². The molecule has 1 amide bonds. The minimum atomic E-state index is -0.617. The smallest absolute Gasteiger partial charge is 0.348 e. The third-order valence-electron chi connectivity index (χ3n) is 4.83. The highest BCUT2D eigenvalue weighted by atomic mass is 32.1. The lowest BCUT2D eigenvalue weighted by Gasteiger charge is -2.07. The second kappa shape index (κ2) is 11.5. The summed E-state index contributed by atoms with van der Waals surface area (Å²) < 4.78 is 21.7. The number of rotatable bonds is 10. The Kier molecular flexibility index (Phi) is 8.48. The van der Waals surface area contributed by atoms with Crippen LogP contribution in [0.4, 0.5) is 5.00 Å². The van der Waals surface area contributed by atoms with E-state index in [9.17, 15) is 14.4 Å². The Morgan fingerprint density at radius 2 is 1.76 bits per heavy atom. The average molecular weight is 486 g/mol. The first-order valence-corrected chi connectivity index (χ1v) is 11.7. The average Bonchev–Trinajstić information content (AvgIpc) is 3.42. The highest BCUT2D eigenvalue weighted by Gasteiger charge is 2.28. The number of furan rings is 1. The summed E-state index contributed by atoms with van der Waals surface area (Å²) in [6.07, 6.45) is 0.640. The monoisotopic (exact) mass is 485 g/mol. The van der Waals surface area contributed by atoms with Crippen LogP contribution in [0.5, 0.6) is 5.75 Å². The molecule has 8 nitrogen and oxygen atoms in total. The van der Waals surface area contributed by atoms with Gasteiger partial charge in [-0.05, 0) is 56.5 Å². The van der Waals surface area contributed by atoms with Crippen LogP contribution in [0.1, 0.15) is 67.7 Å². The van der Waals surface area contributed by atoms with Crippen molar-refractivity contribution in [2.24, 2.45) is 0 Å². The number of hydrogen-bond acceptors (Lipinski definition) is 8. The quantitative estimate of drug-likeness (QED) is 0.376. The molecule has 0 fully saturated rings. The van der Waals surface area contributed by atoms with Gasteiger partial charge in [-0.3, -0.25) is 4.79 Å². The number of esters is 2. The molecule has 0 unspecified atom stereocenters. The fourth-order valence-corrected chi connectivity index (χ4v) is 4.20. The fraction of sp³-hybridized carbons (Fsp3) is 0.320. The SMILES string of the molecule is CCCOC(=O)c1c(NC(=O)c2ccc(COc3ccccc3C)o2)sc(C(=O)OCC)c1C. The summed E-state index contributed by atoms with van der Waals surface area (Å²) in [5.41, 5.74) is 1.51. The van der Waals surface area contributed by atoms with Gasteiger partial charge in [0.2, 0.25) is 0 Å². The third kappa shape index (κ3) is 5.85. The van der Waals surface area contributed by atoms with E-state index in [0.717, 1.165) is 22.6 Å². The van der Waals surface area contributed by atoms with Crippen molar-refractivity contribution >= 4 is 34.2 Å². The Morgan fingerprint density at radius 1 is 1.00 bits per heavy atom. The molecule has 0 aliphatic rings. The first-order chi connectivity index (χ1) is 16.3. The molecule has 0 spiro atoms. The van der Waals surface area contributed by atoms with Crippen LogP contribution in [-0.2, 0) is 16.1 Å². The molecule has 1 aromatic carbocycles. The van der Waals surface area contributed by atoms with E-state index < -0.39 is 17.8 Å². The van der Waals surface area contributed by atoms with Crippen molar-refractivity contribution in [2.75, 3.05) is 18.5 Å². The lowest BCUT2D eigenvalue weighted by Crippen LogP contribution is -2.14. The van der Waals surface area contributed by atoms with E-state index in [1.165, 1.54) is 6.07 Å². The Bertz CT molecular complexity index is 1180. The van der Waals surface area contributed by atoms with E-state index >= 15 is 0 Å². The van der Waals surface area contributed by atoms with E-state index in [4.69, 9.17) is 18.6 Å². The molecule has 0 aliphatic heterocycles. The zero-order valence-corrected chi connectivity index (χ0v) is 20.4. The van der Waals surface area contributed by atoms with Crippen LogP contribution in [0.25, 0.3) is 0 Å². The van der Waals surface area contributed by atoms with Crippen molar-refractivity contribution in [3.8, 4) is 5.75 Å². The Morgan fingerprint density at radius 3 is 2.47 bits per heavy atom. The predicted molar refractivity (Wildman–Crippen MR) is 128 cm³/mol. The van der Waals surface area contributed by atoms with Gasteiger partial charge in [0.15, 0.2) is 5.76 Å². The summed E-state index contributed by atoms with van der Waals surface area (Å²) in [6.45, 7) is 7.68. The minimum absolute atomic E-state index is 0.0417. The Balaban J connectivity index is 1.78. The molecule has 0 saturated heterocycles. The zero-order valence-electron chi connectivity index (χ0n) is 19.6. The van der Waals surface area contributed by atoms with Crippen LogP contribution in [0.3, 0.4) is 0 Å². The summed E-state index contributed by atoms with van der Waals surface area (Å²) in [7, 11) is 0. The Labute approximate surface area is 201 Å². The highest BCUT2D eigenvalue weighted by molar-refractivity contribution is 7.18. The number of thiophene rings is 1. The number of para-hydroxylation sites is 1. The van der Waals surface area contributed by atoms with Crippen LogP contribution < -0.4 is 10.1 Å². The largest absolute Gasteiger partial charge is 0.485 e. The lowest BCUT2D eigenvalue weighted by atomic mass is 10.1. The van der Waals surface area contributed by atoms with Gasteiger partial charge in [0.25, 0.3) is 5.91 Å². The number of nitrogens with one attached hydrogen (secondary N) is 1. The van der Waals surface area contributed by atoms with E-state index in [2.05, 4.69) is 5.32 Å². The number of benzene rings is 1. The van der Waals surface area contributed by atoms with Crippen LogP contribution in [-0.4, -0.2) is 31.1 Å². The van der Waals surface area contributed by atoms with Gasteiger partial charge >= 0.3 is 11.9 Å². The van der Waals surface area contributed by atoms with E-state index in [1.807, 2.05) is 38.1 Å². The third-order valence-corrected chi connectivity index (χ3v) is 6.01. The molecule has 0 radical (unpaired) electrons. The van der Waals surface area contributed by atoms with Crippen molar-refractivity contribution in [1.29, 1.82) is 0 Å². The summed E-state index contributed by atoms with van der Waals surface area (Å²) in [5, 5.41) is 2.87. The van der Waals surface area contributed by atoms with Crippen LogP contribution in [0, 0.1) is 13.8 Å². The zero-order chi connectivity index (χ0) is 24.7. The second-order valence-corrected chi connectivity index (χ2v) is 8.41. The first-order valence-electron chi connectivity index (χ1n) is 10.9. The van der Waals surface area contributed by atoms with Gasteiger partial charge in [-0.25, -0.2) is 9.59 Å². The van der Waals surface area contributed by atoms with Crippen molar-refractivity contribution in [3.63, 3.8) is 0 Å². The van der Waals surface area contributed by atoms with Gasteiger partial charge in [-0.15, -0.1) is 11.3 Å². The number of anilines is 1. The van der Waals surface area contributed by atoms with E-state index in [-0.39, 0.29) is 41.0 Å². The van der Waals surface area contributed by atoms with Crippen LogP contribution >= 0.6 is 11.3 Å². The molecule has 3 aromatic rings. The molecule has 0 saturated carbocycles. The van der Waals surface area contributed by atoms with Crippen molar-refractivity contribution in [1.82, 2.24) is 0 Å².